The first-order valence-electron chi connectivity index (χ1n) is 3.43. The van der Waals surface area contributed by atoms with E-state index in [4.69, 9.17) is 5.11 Å². The van der Waals surface area contributed by atoms with Gasteiger partial charge in [0.2, 0.25) is 0 Å². The fourth-order valence-corrected chi connectivity index (χ4v) is 0.893. The quantitative estimate of drug-likeness (QED) is 0.658. The standard InChI is InChI=1S/C9H11O/c1-2-8-4-3-5-9(6-8)7-10/h3-7,10H,2H2,1H3. The number of rotatable bonds is 2. The molecule has 1 N–H and O–H groups in total. The van der Waals surface area contributed by atoms with Gasteiger partial charge in [-0.05, 0) is 17.5 Å². The van der Waals surface area contributed by atoms with Gasteiger partial charge in [-0.25, -0.2) is 0 Å². The molecule has 0 heterocycles. The van der Waals surface area contributed by atoms with Gasteiger partial charge >= 0.3 is 0 Å². The normalized spacial score (nSPS) is 9.80. The SMILES string of the molecule is CCc1cccc([CH]O)c1. The van der Waals surface area contributed by atoms with Gasteiger partial charge in [-0.15, -0.1) is 0 Å². The number of benzene rings is 1. The maximum atomic E-state index is 8.63. The summed E-state index contributed by atoms with van der Waals surface area (Å²) in [6, 6.07) is 7.84. The Morgan fingerprint density at radius 3 is 2.90 bits per heavy atom. The second-order valence-corrected chi connectivity index (χ2v) is 2.23. The molecule has 10 heavy (non-hydrogen) atoms. The third kappa shape index (κ3) is 1.58. The van der Waals surface area contributed by atoms with Crippen LogP contribution in [0.15, 0.2) is 24.3 Å². The Balaban J connectivity index is 2.87. The van der Waals surface area contributed by atoms with E-state index >= 15 is 0 Å². The second-order valence-electron chi connectivity index (χ2n) is 2.23. The molecular weight excluding hydrogens is 124 g/mol. The van der Waals surface area contributed by atoms with Crippen LogP contribution in [-0.4, -0.2) is 5.11 Å². The summed E-state index contributed by atoms with van der Waals surface area (Å²) in [7, 11) is 0. The van der Waals surface area contributed by atoms with Crippen molar-refractivity contribution in [1.82, 2.24) is 0 Å². The molecule has 0 saturated heterocycles. The van der Waals surface area contributed by atoms with Gasteiger partial charge in [0, 0.05) is 0 Å². The Morgan fingerprint density at radius 1 is 1.50 bits per heavy atom. The van der Waals surface area contributed by atoms with Gasteiger partial charge in [0.1, 0.15) is 6.61 Å². The molecule has 1 rings (SSSR count). The Hall–Kier alpha value is -0.820. The van der Waals surface area contributed by atoms with Crippen molar-refractivity contribution in [3.8, 4) is 0 Å². The van der Waals surface area contributed by atoms with E-state index < -0.39 is 0 Å². The van der Waals surface area contributed by atoms with Crippen molar-refractivity contribution in [3.63, 3.8) is 0 Å². The molecule has 0 fully saturated rings. The molecule has 0 amide bonds. The second kappa shape index (κ2) is 3.37. The zero-order valence-electron chi connectivity index (χ0n) is 6.04. The summed E-state index contributed by atoms with van der Waals surface area (Å²) < 4.78 is 0. The zero-order chi connectivity index (χ0) is 7.40. The minimum absolute atomic E-state index is 0.874. The molecule has 0 aliphatic rings. The van der Waals surface area contributed by atoms with Gasteiger partial charge in [-0.2, -0.15) is 0 Å². The summed E-state index contributed by atoms with van der Waals surface area (Å²) in [4.78, 5) is 0. The van der Waals surface area contributed by atoms with Gasteiger partial charge in [-0.1, -0.05) is 31.2 Å². The predicted octanol–water partition coefficient (Wildman–Crippen LogP) is 2.13. The van der Waals surface area contributed by atoms with E-state index in [1.807, 2.05) is 24.3 Å². The predicted molar refractivity (Wildman–Crippen MR) is 41.2 cm³/mol. The molecule has 0 bridgehead atoms. The average Bonchev–Trinajstić information content (AvgIpc) is 2.05. The molecule has 0 unspecified atom stereocenters. The minimum Gasteiger partial charge on any atom is -0.385 e. The van der Waals surface area contributed by atoms with Crippen LogP contribution in [0.5, 0.6) is 0 Å². The summed E-state index contributed by atoms with van der Waals surface area (Å²) in [6.45, 7) is 3.22. The largest absolute Gasteiger partial charge is 0.385 e. The number of aliphatic hydroxyl groups is 1. The van der Waals surface area contributed by atoms with Crippen LogP contribution in [-0.2, 0) is 6.42 Å². The highest BCUT2D eigenvalue weighted by atomic mass is 16.3. The Labute approximate surface area is 61.3 Å². The zero-order valence-corrected chi connectivity index (χ0v) is 6.04. The summed E-state index contributed by atoms with van der Waals surface area (Å²) in [6.07, 6.45) is 1.02. The molecular formula is C9H11O. The van der Waals surface area contributed by atoms with E-state index in [1.54, 1.807) is 0 Å². The number of aliphatic hydroxyl groups excluding tert-OH is 1. The third-order valence-electron chi connectivity index (χ3n) is 1.51. The Morgan fingerprint density at radius 2 is 2.30 bits per heavy atom. The van der Waals surface area contributed by atoms with Crippen molar-refractivity contribution in [2.45, 2.75) is 13.3 Å². The van der Waals surface area contributed by atoms with E-state index in [1.165, 1.54) is 5.56 Å². The topological polar surface area (TPSA) is 20.2 Å². The highest BCUT2D eigenvalue weighted by Gasteiger charge is 1.90. The monoisotopic (exact) mass is 135 g/mol. The molecule has 1 aromatic rings. The van der Waals surface area contributed by atoms with Crippen molar-refractivity contribution >= 4 is 0 Å². The number of hydrogen-bond donors (Lipinski definition) is 1. The molecule has 1 radical (unpaired) electrons. The average molecular weight is 135 g/mol. The van der Waals surface area contributed by atoms with E-state index in [-0.39, 0.29) is 0 Å². The molecule has 0 aliphatic heterocycles. The highest BCUT2D eigenvalue weighted by Crippen LogP contribution is 2.05. The highest BCUT2D eigenvalue weighted by molar-refractivity contribution is 5.26. The summed E-state index contributed by atoms with van der Waals surface area (Å²) in [5.41, 5.74) is 2.13. The maximum Gasteiger partial charge on any atom is 0.109 e. The van der Waals surface area contributed by atoms with Gasteiger partial charge in [0.15, 0.2) is 0 Å². The van der Waals surface area contributed by atoms with E-state index in [0.29, 0.717) is 0 Å². The van der Waals surface area contributed by atoms with Crippen LogP contribution in [0.2, 0.25) is 0 Å². The first-order valence-corrected chi connectivity index (χ1v) is 3.43. The molecule has 0 spiro atoms. The van der Waals surface area contributed by atoms with Gasteiger partial charge in [-0.3, -0.25) is 0 Å². The van der Waals surface area contributed by atoms with Crippen molar-refractivity contribution < 1.29 is 5.11 Å². The lowest BCUT2D eigenvalue weighted by atomic mass is 10.1. The molecule has 1 nitrogen and oxygen atoms in total. The molecule has 53 valence electrons. The van der Waals surface area contributed by atoms with Crippen molar-refractivity contribution in [2.75, 3.05) is 0 Å². The number of hydrogen-bond acceptors (Lipinski definition) is 1. The van der Waals surface area contributed by atoms with Gasteiger partial charge < -0.3 is 5.11 Å². The van der Waals surface area contributed by atoms with Crippen molar-refractivity contribution in [2.24, 2.45) is 0 Å². The Kier molecular flexibility index (Phi) is 2.46. The van der Waals surface area contributed by atoms with Crippen molar-refractivity contribution in [3.05, 3.63) is 42.0 Å². The lowest BCUT2D eigenvalue weighted by Gasteiger charge is -1.97. The first-order chi connectivity index (χ1) is 4.86. The fraction of sp³-hybridized carbons (Fsp3) is 0.222. The first kappa shape index (κ1) is 7.29. The molecule has 0 aromatic heterocycles. The van der Waals surface area contributed by atoms with Gasteiger partial charge in [0.05, 0.1) is 0 Å². The molecule has 0 atom stereocenters. The van der Waals surface area contributed by atoms with E-state index in [0.717, 1.165) is 18.6 Å². The Bertz CT molecular complexity index is 186. The van der Waals surface area contributed by atoms with Crippen LogP contribution in [0.4, 0.5) is 0 Å². The molecule has 1 aromatic carbocycles. The minimum atomic E-state index is 0.874. The van der Waals surface area contributed by atoms with E-state index in [2.05, 4.69) is 6.92 Å². The summed E-state index contributed by atoms with van der Waals surface area (Å²) in [5, 5.41) is 8.63. The number of aryl methyl sites for hydroxylation is 1. The van der Waals surface area contributed by atoms with Crippen LogP contribution in [0.1, 0.15) is 18.1 Å². The summed E-state index contributed by atoms with van der Waals surface area (Å²) in [5.74, 6) is 0. The molecule has 1 heteroatoms. The van der Waals surface area contributed by atoms with Crippen LogP contribution >= 0.6 is 0 Å². The lowest BCUT2D eigenvalue weighted by Crippen LogP contribution is -1.83. The lowest BCUT2D eigenvalue weighted by molar-refractivity contribution is 0.415. The van der Waals surface area contributed by atoms with Crippen LogP contribution in [0.3, 0.4) is 0 Å². The van der Waals surface area contributed by atoms with Crippen molar-refractivity contribution in [1.29, 1.82) is 0 Å². The van der Waals surface area contributed by atoms with Gasteiger partial charge in [0.25, 0.3) is 0 Å². The molecule has 0 saturated carbocycles. The van der Waals surface area contributed by atoms with Crippen LogP contribution in [0.25, 0.3) is 0 Å². The van der Waals surface area contributed by atoms with Crippen LogP contribution < -0.4 is 0 Å². The molecule has 0 aliphatic carbocycles. The fourth-order valence-electron chi connectivity index (χ4n) is 0.893. The van der Waals surface area contributed by atoms with E-state index in [9.17, 15) is 0 Å². The third-order valence-corrected chi connectivity index (χ3v) is 1.51. The maximum absolute atomic E-state index is 8.63. The summed E-state index contributed by atoms with van der Waals surface area (Å²) >= 11 is 0. The van der Waals surface area contributed by atoms with Crippen LogP contribution in [0, 0.1) is 6.61 Å². The smallest absolute Gasteiger partial charge is 0.109 e.